The first kappa shape index (κ1) is 21.1. The first-order valence-corrected chi connectivity index (χ1v) is 10.1. The Labute approximate surface area is 180 Å². The van der Waals surface area contributed by atoms with Crippen molar-refractivity contribution in [3.05, 3.63) is 69.7 Å². The van der Waals surface area contributed by atoms with E-state index >= 15 is 0 Å². The number of hydrogen-bond acceptors (Lipinski definition) is 5. The molecule has 0 unspecified atom stereocenters. The Morgan fingerprint density at radius 2 is 1.45 bits per heavy atom. The Balaban J connectivity index is 1.73. The molecule has 1 aromatic heterocycles. The van der Waals surface area contributed by atoms with Gasteiger partial charge in [0.2, 0.25) is 17.8 Å². The topological polar surface area (TPSA) is 71.8 Å². The second-order valence-electron chi connectivity index (χ2n) is 7.12. The van der Waals surface area contributed by atoms with Crippen LogP contribution in [0, 0.1) is 5.92 Å². The average Bonchev–Trinajstić information content (AvgIpc) is 3.10. The predicted octanol–water partition coefficient (Wildman–Crippen LogP) is 5.50. The van der Waals surface area contributed by atoms with E-state index in [1.165, 1.54) is 4.68 Å². The molecule has 0 aliphatic rings. The van der Waals surface area contributed by atoms with Crippen molar-refractivity contribution >= 4 is 41.0 Å². The van der Waals surface area contributed by atoms with Crippen LogP contribution in [0.1, 0.15) is 36.2 Å². The summed E-state index contributed by atoms with van der Waals surface area (Å²) in [5.74, 6) is 0.909. The highest BCUT2D eigenvalue weighted by Crippen LogP contribution is 2.16. The fraction of sp³-hybridized carbons (Fsp3) is 0.286. The highest BCUT2D eigenvalue weighted by atomic mass is 35.5. The summed E-state index contributed by atoms with van der Waals surface area (Å²) in [4.78, 5) is 17.1. The zero-order chi connectivity index (χ0) is 20.8. The molecule has 2 N–H and O–H groups in total. The summed E-state index contributed by atoms with van der Waals surface area (Å²) >= 11 is 11.9. The minimum Gasteiger partial charge on any atom is -0.350 e. The number of rotatable bonds is 8. The van der Waals surface area contributed by atoms with E-state index in [9.17, 15) is 4.79 Å². The molecule has 0 atom stereocenters. The van der Waals surface area contributed by atoms with Crippen LogP contribution in [-0.2, 0) is 13.1 Å². The number of benzene rings is 2. The van der Waals surface area contributed by atoms with Crippen LogP contribution in [0.15, 0.2) is 48.5 Å². The van der Waals surface area contributed by atoms with Gasteiger partial charge in [0.05, 0.1) is 0 Å². The smallest absolute Gasteiger partial charge is 0.250 e. The molecule has 8 heteroatoms. The van der Waals surface area contributed by atoms with Gasteiger partial charge in [0, 0.05) is 29.6 Å². The second kappa shape index (κ2) is 9.76. The van der Waals surface area contributed by atoms with Gasteiger partial charge in [-0.2, -0.15) is 9.67 Å². The lowest BCUT2D eigenvalue weighted by atomic mass is 10.1. The van der Waals surface area contributed by atoms with Gasteiger partial charge in [0.25, 0.3) is 0 Å². The number of halogens is 2. The van der Waals surface area contributed by atoms with E-state index in [1.54, 1.807) is 0 Å². The van der Waals surface area contributed by atoms with Gasteiger partial charge < -0.3 is 10.6 Å². The summed E-state index contributed by atoms with van der Waals surface area (Å²) in [6, 6.07) is 15.0. The van der Waals surface area contributed by atoms with Crippen molar-refractivity contribution in [1.29, 1.82) is 0 Å². The lowest BCUT2D eigenvalue weighted by molar-refractivity contribution is 0.0873. The molecule has 0 radical (unpaired) electrons. The van der Waals surface area contributed by atoms with Gasteiger partial charge >= 0.3 is 0 Å². The van der Waals surface area contributed by atoms with Crippen molar-refractivity contribution in [1.82, 2.24) is 14.8 Å². The number of nitrogens with one attached hydrogen (secondary N) is 2. The molecule has 0 spiro atoms. The minimum absolute atomic E-state index is 0.106. The molecule has 152 valence electrons. The first-order chi connectivity index (χ1) is 13.9. The van der Waals surface area contributed by atoms with Crippen molar-refractivity contribution < 1.29 is 4.79 Å². The van der Waals surface area contributed by atoms with Crippen molar-refractivity contribution in [3.8, 4) is 0 Å². The molecule has 0 bridgehead atoms. The standard InChI is InChI=1S/C21H23Cl2N5O/c1-14(2)11-19(29)28-21(25-13-16-5-9-18(23)10-6-16)26-20(27-28)24-12-15-3-7-17(22)8-4-15/h3-10,14H,11-13H2,1-2H3,(H2,24,25,26,27). The van der Waals surface area contributed by atoms with Crippen LogP contribution >= 0.6 is 23.2 Å². The number of anilines is 2. The normalized spacial score (nSPS) is 10.9. The molecular weight excluding hydrogens is 409 g/mol. The number of aromatic nitrogens is 3. The Morgan fingerprint density at radius 3 is 1.97 bits per heavy atom. The minimum atomic E-state index is -0.106. The van der Waals surface area contributed by atoms with E-state index in [2.05, 4.69) is 20.7 Å². The lowest BCUT2D eigenvalue weighted by Gasteiger charge is -2.08. The molecule has 3 rings (SSSR count). The van der Waals surface area contributed by atoms with E-state index in [0.29, 0.717) is 41.5 Å². The van der Waals surface area contributed by atoms with Gasteiger partial charge in [0.15, 0.2) is 0 Å². The quantitative estimate of drug-likeness (QED) is 0.492. The van der Waals surface area contributed by atoms with Gasteiger partial charge in [-0.25, -0.2) is 0 Å². The fourth-order valence-electron chi connectivity index (χ4n) is 2.68. The predicted molar refractivity (Wildman–Crippen MR) is 118 cm³/mol. The monoisotopic (exact) mass is 431 g/mol. The summed E-state index contributed by atoms with van der Waals surface area (Å²) in [5.41, 5.74) is 2.06. The largest absolute Gasteiger partial charge is 0.350 e. The summed E-state index contributed by atoms with van der Waals surface area (Å²) in [6.45, 7) is 5.02. The first-order valence-electron chi connectivity index (χ1n) is 9.37. The van der Waals surface area contributed by atoms with Gasteiger partial charge in [-0.1, -0.05) is 61.3 Å². The Morgan fingerprint density at radius 1 is 0.931 bits per heavy atom. The van der Waals surface area contributed by atoms with E-state index < -0.39 is 0 Å². The van der Waals surface area contributed by atoms with Crippen LogP contribution in [0.25, 0.3) is 0 Å². The van der Waals surface area contributed by atoms with E-state index in [-0.39, 0.29) is 11.8 Å². The maximum Gasteiger partial charge on any atom is 0.250 e. The highest BCUT2D eigenvalue weighted by Gasteiger charge is 2.17. The van der Waals surface area contributed by atoms with Crippen LogP contribution in [0.5, 0.6) is 0 Å². The van der Waals surface area contributed by atoms with Gasteiger partial charge in [-0.05, 0) is 41.3 Å². The molecule has 0 aliphatic heterocycles. The lowest BCUT2D eigenvalue weighted by Crippen LogP contribution is -2.18. The van der Waals surface area contributed by atoms with Gasteiger partial charge in [-0.3, -0.25) is 4.79 Å². The highest BCUT2D eigenvalue weighted by molar-refractivity contribution is 6.30. The maximum atomic E-state index is 12.6. The Kier molecular flexibility index (Phi) is 7.12. The molecule has 29 heavy (non-hydrogen) atoms. The third-order valence-electron chi connectivity index (χ3n) is 4.15. The molecule has 0 saturated heterocycles. The average molecular weight is 432 g/mol. The molecule has 6 nitrogen and oxygen atoms in total. The van der Waals surface area contributed by atoms with Crippen LogP contribution in [-0.4, -0.2) is 20.7 Å². The summed E-state index contributed by atoms with van der Waals surface area (Å²) in [6.07, 6.45) is 0.385. The van der Waals surface area contributed by atoms with E-state index in [0.717, 1.165) is 11.1 Å². The fourth-order valence-corrected chi connectivity index (χ4v) is 2.93. The third kappa shape index (κ3) is 6.21. The van der Waals surface area contributed by atoms with Crippen molar-refractivity contribution in [2.24, 2.45) is 5.92 Å². The Bertz CT molecular complexity index is 952. The number of hydrogen-bond donors (Lipinski definition) is 2. The molecular formula is C21H23Cl2N5O. The Hall–Kier alpha value is -2.57. The molecule has 0 amide bonds. The molecule has 2 aromatic carbocycles. The molecule has 1 heterocycles. The van der Waals surface area contributed by atoms with Crippen molar-refractivity contribution in [3.63, 3.8) is 0 Å². The van der Waals surface area contributed by atoms with Gasteiger partial charge in [-0.15, -0.1) is 5.10 Å². The van der Waals surface area contributed by atoms with Crippen LogP contribution in [0.4, 0.5) is 11.9 Å². The summed E-state index contributed by atoms with van der Waals surface area (Å²) in [5, 5.41) is 12.1. The second-order valence-corrected chi connectivity index (χ2v) is 8.00. The third-order valence-corrected chi connectivity index (χ3v) is 4.66. The molecule has 0 saturated carbocycles. The maximum absolute atomic E-state index is 12.6. The molecule has 3 aromatic rings. The summed E-state index contributed by atoms with van der Waals surface area (Å²) < 4.78 is 1.33. The van der Waals surface area contributed by atoms with Crippen molar-refractivity contribution in [2.75, 3.05) is 10.6 Å². The van der Waals surface area contributed by atoms with Crippen LogP contribution < -0.4 is 10.6 Å². The number of nitrogens with zero attached hydrogens (tertiary/aromatic N) is 3. The molecule has 0 aliphatic carbocycles. The number of carbonyl (C=O) groups is 1. The van der Waals surface area contributed by atoms with E-state index in [1.807, 2.05) is 62.4 Å². The van der Waals surface area contributed by atoms with E-state index in [4.69, 9.17) is 23.2 Å². The van der Waals surface area contributed by atoms with Crippen LogP contribution in [0.2, 0.25) is 10.0 Å². The van der Waals surface area contributed by atoms with Gasteiger partial charge in [0.1, 0.15) is 0 Å². The summed E-state index contributed by atoms with van der Waals surface area (Å²) in [7, 11) is 0. The zero-order valence-corrected chi connectivity index (χ0v) is 17.8. The van der Waals surface area contributed by atoms with Crippen LogP contribution in [0.3, 0.4) is 0 Å². The molecule has 0 fully saturated rings. The number of carbonyl (C=O) groups excluding carboxylic acids is 1. The zero-order valence-electron chi connectivity index (χ0n) is 16.3. The van der Waals surface area contributed by atoms with Crippen molar-refractivity contribution in [2.45, 2.75) is 33.4 Å². The SMILES string of the molecule is CC(C)CC(=O)n1nc(NCc2ccc(Cl)cc2)nc1NCc1ccc(Cl)cc1.